The summed E-state index contributed by atoms with van der Waals surface area (Å²) in [5.74, 6) is 1.37. The van der Waals surface area contributed by atoms with Crippen LogP contribution in [0.25, 0.3) is 0 Å². The maximum atomic E-state index is 7.14. The number of nitrogens with zero attached hydrogens (tertiary/aromatic N) is 1. The quantitative estimate of drug-likeness (QED) is 0.636. The van der Waals surface area contributed by atoms with E-state index in [9.17, 15) is 0 Å². The average Bonchev–Trinajstić information content (AvgIpc) is 3.10. The Kier molecular flexibility index (Phi) is 6.34. The summed E-state index contributed by atoms with van der Waals surface area (Å²) in [6, 6.07) is 21.1. The molecule has 3 nitrogen and oxygen atoms in total. The highest BCUT2D eigenvalue weighted by Crippen LogP contribution is 2.48. The van der Waals surface area contributed by atoms with Gasteiger partial charge < -0.3 is 9.26 Å². The zero-order valence-corrected chi connectivity index (χ0v) is 17.8. The van der Waals surface area contributed by atoms with E-state index in [0.29, 0.717) is 18.4 Å². The van der Waals surface area contributed by atoms with Gasteiger partial charge in [-0.15, -0.1) is 0 Å². The molecule has 0 saturated carbocycles. The zero-order chi connectivity index (χ0) is 19.4. The molecule has 0 saturated heterocycles. The van der Waals surface area contributed by atoms with Crippen LogP contribution >= 0.6 is 8.15 Å². The maximum Gasteiger partial charge on any atom is 0.180 e. The van der Waals surface area contributed by atoms with E-state index < -0.39 is 13.7 Å². The number of benzene rings is 2. The van der Waals surface area contributed by atoms with E-state index in [1.165, 1.54) is 10.6 Å². The van der Waals surface area contributed by atoms with Gasteiger partial charge in [-0.25, -0.2) is 4.99 Å². The second kappa shape index (κ2) is 8.54. The Morgan fingerprint density at radius 3 is 1.78 bits per heavy atom. The lowest BCUT2D eigenvalue weighted by Crippen LogP contribution is -2.53. The highest BCUT2D eigenvalue weighted by atomic mass is 31.1. The van der Waals surface area contributed by atoms with E-state index in [1.807, 2.05) is 6.92 Å². The molecule has 2 aromatic rings. The third-order valence-electron chi connectivity index (χ3n) is 5.34. The molecule has 1 heterocycles. The summed E-state index contributed by atoms with van der Waals surface area (Å²) in [7, 11) is -0.959. The van der Waals surface area contributed by atoms with Crippen LogP contribution in [0.5, 0.6) is 0 Å². The summed E-state index contributed by atoms with van der Waals surface area (Å²) in [5.41, 5.74) is -0.394. The van der Waals surface area contributed by atoms with Gasteiger partial charge in [0.15, 0.2) is 5.90 Å². The molecule has 1 aliphatic rings. The van der Waals surface area contributed by atoms with E-state index in [0.717, 1.165) is 5.90 Å². The Labute approximate surface area is 164 Å². The molecule has 0 unspecified atom stereocenters. The van der Waals surface area contributed by atoms with Gasteiger partial charge in [0.25, 0.3) is 0 Å². The molecule has 27 heavy (non-hydrogen) atoms. The molecule has 1 aliphatic heterocycles. The predicted molar refractivity (Wildman–Crippen MR) is 115 cm³/mol. The van der Waals surface area contributed by atoms with Crippen molar-refractivity contribution in [3.05, 3.63) is 60.7 Å². The summed E-state index contributed by atoms with van der Waals surface area (Å²) in [6.45, 7) is 11.5. The molecule has 1 atom stereocenters. The van der Waals surface area contributed by atoms with Crippen LogP contribution in [0.1, 0.15) is 34.6 Å². The third-order valence-corrected chi connectivity index (χ3v) is 7.38. The molecule has 144 valence electrons. The number of rotatable bonds is 7. The van der Waals surface area contributed by atoms with Gasteiger partial charge in [-0.3, -0.25) is 0 Å². The van der Waals surface area contributed by atoms with Crippen LogP contribution in [-0.4, -0.2) is 24.1 Å². The highest BCUT2D eigenvalue weighted by Gasteiger charge is 2.49. The number of ether oxygens (including phenoxy) is 1. The topological polar surface area (TPSA) is 30.8 Å². The summed E-state index contributed by atoms with van der Waals surface area (Å²) >= 11 is 0. The van der Waals surface area contributed by atoms with Gasteiger partial charge in [-0.05, 0) is 11.8 Å². The molecule has 0 bridgehead atoms. The van der Waals surface area contributed by atoms with E-state index in [1.54, 1.807) is 0 Å². The van der Waals surface area contributed by atoms with Crippen molar-refractivity contribution in [1.82, 2.24) is 0 Å². The van der Waals surface area contributed by atoms with Crippen LogP contribution in [0.3, 0.4) is 0 Å². The van der Waals surface area contributed by atoms with Crippen LogP contribution in [-0.2, 0) is 9.26 Å². The van der Waals surface area contributed by atoms with Gasteiger partial charge in [-0.2, -0.15) is 0 Å². The molecule has 0 N–H and O–H groups in total. The largest absolute Gasteiger partial charge is 0.479 e. The van der Waals surface area contributed by atoms with E-state index in [2.05, 4.69) is 88.4 Å². The second-order valence-electron chi connectivity index (χ2n) is 7.69. The minimum Gasteiger partial charge on any atom is -0.479 e. The lowest BCUT2D eigenvalue weighted by molar-refractivity contribution is -0.0368. The Morgan fingerprint density at radius 1 is 0.926 bits per heavy atom. The zero-order valence-electron chi connectivity index (χ0n) is 16.9. The molecule has 3 rings (SSSR count). The molecule has 4 heteroatoms. The molecule has 0 aromatic heterocycles. The van der Waals surface area contributed by atoms with E-state index in [-0.39, 0.29) is 6.04 Å². The van der Waals surface area contributed by atoms with Gasteiger partial charge in [0, 0.05) is 17.5 Å². The summed E-state index contributed by atoms with van der Waals surface area (Å²) < 4.78 is 12.9. The Morgan fingerprint density at radius 2 is 1.41 bits per heavy atom. The maximum absolute atomic E-state index is 7.14. The summed E-state index contributed by atoms with van der Waals surface area (Å²) in [5, 5.41) is 2.45. The summed E-state index contributed by atoms with van der Waals surface area (Å²) in [6.07, 6.45) is 0. The van der Waals surface area contributed by atoms with Crippen LogP contribution < -0.4 is 10.6 Å². The van der Waals surface area contributed by atoms with Crippen molar-refractivity contribution in [1.29, 1.82) is 0 Å². The Bertz CT molecular complexity index is 711. The first-order valence-electron chi connectivity index (χ1n) is 9.71. The van der Waals surface area contributed by atoms with Crippen molar-refractivity contribution < 1.29 is 9.26 Å². The predicted octanol–water partition coefficient (Wildman–Crippen LogP) is 4.92. The monoisotopic (exact) mass is 383 g/mol. The van der Waals surface area contributed by atoms with Crippen molar-refractivity contribution in [3.8, 4) is 0 Å². The van der Waals surface area contributed by atoms with Crippen molar-refractivity contribution in [2.24, 2.45) is 16.8 Å². The molecule has 0 aliphatic carbocycles. The minimum absolute atomic E-state index is 0.00919. The normalized spacial score (nSPS) is 17.5. The van der Waals surface area contributed by atoms with Crippen molar-refractivity contribution in [3.63, 3.8) is 0 Å². The average molecular weight is 383 g/mol. The minimum atomic E-state index is -0.959. The van der Waals surface area contributed by atoms with Crippen LogP contribution in [0.4, 0.5) is 0 Å². The fourth-order valence-electron chi connectivity index (χ4n) is 3.97. The molecular weight excluding hydrogens is 353 g/mol. The molecular formula is C23H30NO2P. The first kappa shape index (κ1) is 20.0. The highest BCUT2D eigenvalue weighted by molar-refractivity contribution is 7.68. The lowest BCUT2D eigenvalue weighted by atomic mass is 9.75. The molecule has 0 amide bonds. The second-order valence-corrected chi connectivity index (χ2v) is 9.50. The molecule has 0 fully saturated rings. The summed E-state index contributed by atoms with van der Waals surface area (Å²) in [4.78, 5) is 4.82. The van der Waals surface area contributed by atoms with Crippen LogP contribution in [0.15, 0.2) is 65.7 Å². The van der Waals surface area contributed by atoms with Crippen molar-refractivity contribution in [2.45, 2.75) is 46.3 Å². The van der Waals surface area contributed by atoms with Crippen LogP contribution in [0.2, 0.25) is 0 Å². The van der Waals surface area contributed by atoms with E-state index in [4.69, 9.17) is 14.3 Å². The molecule has 0 spiro atoms. The van der Waals surface area contributed by atoms with Gasteiger partial charge in [0.1, 0.15) is 18.2 Å². The Balaban J connectivity index is 2.07. The third kappa shape index (κ3) is 4.10. The molecule has 2 aromatic carbocycles. The van der Waals surface area contributed by atoms with Gasteiger partial charge in [0.2, 0.25) is 0 Å². The Hall–Kier alpha value is -1.70. The first-order chi connectivity index (χ1) is 12.9. The van der Waals surface area contributed by atoms with Crippen molar-refractivity contribution >= 4 is 24.7 Å². The van der Waals surface area contributed by atoms with Crippen LogP contribution in [0, 0.1) is 11.8 Å². The lowest BCUT2D eigenvalue weighted by Gasteiger charge is -2.45. The smallest absolute Gasteiger partial charge is 0.180 e. The standard InChI is InChI=1S/C23H30NO2P/c1-17(2)23(18(3)4,22-16-25-19(5)24-22)26-27(20-12-8-6-9-13-20)21-14-10-7-11-15-21/h6-15,17-18,22H,16H2,1-5H3/t22-/m0/s1. The SMILES string of the molecule is CC1=N[C@H](C(OP(c2ccccc2)c2ccccc2)(C(C)C)C(C)C)CO1. The fraction of sp³-hybridized carbons (Fsp3) is 0.435. The fourth-order valence-corrected chi connectivity index (χ4v) is 6.23. The first-order valence-corrected chi connectivity index (χ1v) is 11.0. The number of aliphatic imine (C=N–C) groups is 1. The van der Waals surface area contributed by atoms with Crippen molar-refractivity contribution in [2.75, 3.05) is 6.61 Å². The number of hydrogen-bond donors (Lipinski definition) is 0. The molecule has 0 radical (unpaired) electrons. The van der Waals surface area contributed by atoms with Gasteiger partial charge in [0.05, 0.1) is 8.15 Å². The van der Waals surface area contributed by atoms with E-state index >= 15 is 0 Å². The van der Waals surface area contributed by atoms with Gasteiger partial charge >= 0.3 is 0 Å². The number of hydrogen-bond acceptors (Lipinski definition) is 3. The van der Waals surface area contributed by atoms with Gasteiger partial charge in [-0.1, -0.05) is 88.4 Å².